The van der Waals surface area contributed by atoms with Gasteiger partial charge in [-0.15, -0.1) is 0 Å². The molecule has 132 valence electrons. The number of furan rings is 1. The van der Waals surface area contributed by atoms with Crippen LogP contribution < -0.4 is 0 Å². The lowest BCUT2D eigenvalue weighted by Gasteiger charge is -2.32. The van der Waals surface area contributed by atoms with Crippen molar-refractivity contribution in [3.8, 4) is 11.7 Å². The van der Waals surface area contributed by atoms with Gasteiger partial charge >= 0.3 is 0 Å². The molecule has 0 amide bonds. The number of morpholine rings is 1. The van der Waals surface area contributed by atoms with E-state index in [1.54, 1.807) is 6.26 Å². The van der Waals surface area contributed by atoms with E-state index in [-0.39, 0.29) is 6.10 Å². The predicted molar refractivity (Wildman–Crippen MR) is 90.9 cm³/mol. The monoisotopic (exact) mass is 342 g/mol. The van der Waals surface area contributed by atoms with Crippen LogP contribution in [0.5, 0.6) is 0 Å². The molecule has 7 nitrogen and oxygen atoms in total. The van der Waals surface area contributed by atoms with Crippen LogP contribution in [0, 0.1) is 13.8 Å². The maximum atomic E-state index is 5.89. The molecule has 1 aliphatic rings. The van der Waals surface area contributed by atoms with Crippen molar-refractivity contribution in [2.24, 2.45) is 0 Å². The summed E-state index contributed by atoms with van der Waals surface area (Å²) in [7, 11) is 0. The smallest absolute Gasteiger partial charge is 0.263 e. The van der Waals surface area contributed by atoms with Gasteiger partial charge in [0.1, 0.15) is 5.76 Å². The Morgan fingerprint density at radius 2 is 2.24 bits per heavy atom. The Morgan fingerprint density at radius 3 is 3.00 bits per heavy atom. The van der Waals surface area contributed by atoms with Crippen LogP contribution in [0.2, 0.25) is 0 Å². The summed E-state index contributed by atoms with van der Waals surface area (Å²) in [5.74, 6) is 2.02. The topological polar surface area (TPSA) is 69.5 Å². The molecule has 0 spiro atoms. The summed E-state index contributed by atoms with van der Waals surface area (Å²) in [4.78, 5) is 6.95. The minimum Gasteiger partial charge on any atom is -0.459 e. The lowest BCUT2D eigenvalue weighted by atomic mass is 10.2. The number of aryl methyl sites for hydroxylation is 2. The van der Waals surface area contributed by atoms with Crippen molar-refractivity contribution in [1.29, 1.82) is 0 Å². The molecule has 4 rings (SSSR count). The standard InChI is InChI=1S/C18H22N4O3/c1-13-8-19-22(9-13)11-15-10-21(5-7-23-15)12-16-14(2)25-18(20-16)17-4-3-6-24-17/h3-4,6,8-9,15H,5,7,10-12H2,1-2H3/t15-/m0/s1. The van der Waals surface area contributed by atoms with E-state index in [0.29, 0.717) is 18.3 Å². The summed E-state index contributed by atoms with van der Waals surface area (Å²) >= 11 is 0. The van der Waals surface area contributed by atoms with Crippen LogP contribution in [-0.4, -0.2) is 45.5 Å². The fraction of sp³-hybridized carbons (Fsp3) is 0.444. The summed E-state index contributed by atoms with van der Waals surface area (Å²) in [6, 6.07) is 3.68. The lowest BCUT2D eigenvalue weighted by molar-refractivity contribution is -0.0406. The van der Waals surface area contributed by atoms with E-state index in [0.717, 1.165) is 43.2 Å². The van der Waals surface area contributed by atoms with Gasteiger partial charge in [0.25, 0.3) is 5.89 Å². The third kappa shape index (κ3) is 3.67. The fourth-order valence-electron chi connectivity index (χ4n) is 3.10. The van der Waals surface area contributed by atoms with Gasteiger partial charge in [0.05, 0.1) is 37.4 Å². The van der Waals surface area contributed by atoms with E-state index in [9.17, 15) is 0 Å². The van der Waals surface area contributed by atoms with E-state index in [4.69, 9.17) is 13.6 Å². The van der Waals surface area contributed by atoms with Gasteiger partial charge in [-0.3, -0.25) is 9.58 Å². The van der Waals surface area contributed by atoms with Gasteiger partial charge in [0.15, 0.2) is 5.76 Å². The number of hydrogen-bond donors (Lipinski definition) is 0. The molecule has 3 aromatic rings. The van der Waals surface area contributed by atoms with Gasteiger partial charge in [-0.1, -0.05) is 0 Å². The predicted octanol–water partition coefficient (Wildman–Crippen LogP) is 2.65. The molecule has 0 radical (unpaired) electrons. The van der Waals surface area contributed by atoms with Gasteiger partial charge in [0.2, 0.25) is 0 Å². The number of rotatable bonds is 5. The molecule has 0 aliphatic carbocycles. The van der Waals surface area contributed by atoms with E-state index >= 15 is 0 Å². The lowest BCUT2D eigenvalue weighted by Crippen LogP contribution is -2.43. The van der Waals surface area contributed by atoms with E-state index in [1.165, 1.54) is 0 Å². The third-order valence-corrected chi connectivity index (χ3v) is 4.37. The van der Waals surface area contributed by atoms with Crippen LogP contribution in [0.1, 0.15) is 17.0 Å². The molecule has 4 heterocycles. The first-order valence-electron chi connectivity index (χ1n) is 8.50. The van der Waals surface area contributed by atoms with Crippen LogP contribution in [0.25, 0.3) is 11.7 Å². The molecular weight excluding hydrogens is 320 g/mol. The van der Waals surface area contributed by atoms with E-state index in [2.05, 4.69) is 15.0 Å². The van der Waals surface area contributed by atoms with Gasteiger partial charge in [-0.05, 0) is 31.5 Å². The summed E-state index contributed by atoms with van der Waals surface area (Å²) < 4.78 is 18.9. The van der Waals surface area contributed by atoms with Gasteiger partial charge < -0.3 is 13.6 Å². The molecule has 1 fully saturated rings. The molecule has 1 atom stereocenters. The molecule has 1 aliphatic heterocycles. The van der Waals surface area contributed by atoms with Crippen LogP contribution in [0.4, 0.5) is 0 Å². The van der Waals surface area contributed by atoms with Crippen LogP contribution in [0.3, 0.4) is 0 Å². The quantitative estimate of drug-likeness (QED) is 0.710. The largest absolute Gasteiger partial charge is 0.459 e. The Labute approximate surface area is 146 Å². The Balaban J connectivity index is 1.40. The van der Waals surface area contributed by atoms with Crippen LogP contribution in [-0.2, 0) is 17.8 Å². The molecule has 0 unspecified atom stereocenters. The summed E-state index contributed by atoms with van der Waals surface area (Å²) in [5.41, 5.74) is 2.11. The molecule has 0 aromatic carbocycles. The van der Waals surface area contributed by atoms with Gasteiger partial charge in [-0.2, -0.15) is 5.10 Å². The zero-order valence-corrected chi connectivity index (χ0v) is 14.5. The highest BCUT2D eigenvalue weighted by atomic mass is 16.5. The van der Waals surface area contributed by atoms with E-state index in [1.807, 2.05) is 43.1 Å². The zero-order chi connectivity index (χ0) is 17.2. The summed E-state index contributed by atoms with van der Waals surface area (Å²) in [6.07, 6.45) is 5.66. The van der Waals surface area contributed by atoms with Crippen LogP contribution >= 0.6 is 0 Å². The minimum atomic E-state index is 0.129. The first-order chi connectivity index (χ1) is 12.2. The molecule has 25 heavy (non-hydrogen) atoms. The Bertz CT molecular complexity index is 821. The third-order valence-electron chi connectivity index (χ3n) is 4.37. The summed E-state index contributed by atoms with van der Waals surface area (Å²) in [5, 5.41) is 4.35. The van der Waals surface area contributed by atoms with Crippen LogP contribution in [0.15, 0.2) is 39.6 Å². The zero-order valence-electron chi connectivity index (χ0n) is 14.5. The number of aromatic nitrogens is 3. The van der Waals surface area contributed by atoms with Crippen molar-refractivity contribution < 1.29 is 13.6 Å². The number of hydrogen-bond acceptors (Lipinski definition) is 6. The average molecular weight is 342 g/mol. The maximum absolute atomic E-state index is 5.89. The molecule has 3 aromatic heterocycles. The first-order valence-corrected chi connectivity index (χ1v) is 8.50. The normalized spacial score (nSPS) is 18.7. The second-order valence-electron chi connectivity index (χ2n) is 6.47. The first kappa shape index (κ1) is 16.1. The SMILES string of the molecule is Cc1cnn(C[C@@H]2CN(Cc3nc(-c4ccco4)oc3C)CCO2)c1. The highest BCUT2D eigenvalue weighted by Crippen LogP contribution is 2.23. The molecule has 0 saturated carbocycles. The minimum absolute atomic E-state index is 0.129. The second kappa shape index (κ2) is 6.85. The maximum Gasteiger partial charge on any atom is 0.263 e. The highest BCUT2D eigenvalue weighted by Gasteiger charge is 2.23. The summed E-state index contributed by atoms with van der Waals surface area (Å²) in [6.45, 7) is 7.94. The fourth-order valence-corrected chi connectivity index (χ4v) is 3.10. The molecule has 0 bridgehead atoms. The van der Waals surface area contributed by atoms with Crippen molar-refractivity contribution in [3.63, 3.8) is 0 Å². The molecule has 7 heteroatoms. The van der Waals surface area contributed by atoms with Crippen molar-refractivity contribution in [2.45, 2.75) is 33.0 Å². The van der Waals surface area contributed by atoms with Crippen molar-refractivity contribution in [1.82, 2.24) is 19.7 Å². The Kier molecular flexibility index (Phi) is 4.42. The Morgan fingerprint density at radius 1 is 1.32 bits per heavy atom. The number of nitrogens with zero attached hydrogens (tertiary/aromatic N) is 4. The molecule has 1 saturated heterocycles. The molecular formula is C18H22N4O3. The second-order valence-corrected chi connectivity index (χ2v) is 6.47. The van der Waals surface area contributed by atoms with Gasteiger partial charge in [-0.25, -0.2) is 4.98 Å². The van der Waals surface area contributed by atoms with Crippen molar-refractivity contribution in [2.75, 3.05) is 19.7 Å². The number of ether oxygens (including phenoxy) is 1. The van der Waals surface area contributed by atoms with Crippen molar-refractivity contribution >= 4 is 0 Å². The molecule has 0 N–H and O–H groups in total. The van der Waals surface area contributed by atoms with E-state index < -0.39 is 0 Å². The highest BCUT2D eigenvalue weighted by molar-refractivity contribution is 5.44. The Hall–Kier alpha value is -2.38. The van der Waals surface area contributed by atoms with Gasteiger partial charge in [0, 0.05) is 25.8 Å². The van der Waals surface area contributed by atoms with Crippen molar-refractivity contribution in [3.05, 3.63) is 47.8 Å². The number of oxazole rings is 1. The average Bonchev–Trinajstić information content (AvgIpc) is 3.31.